The lowest BCUT2D eigenvalue weighted by Crippen LogP contribution is -2.56. The van der Waals surface area contributed by atoms with Gasteiger partial charge < -0.3 is 5.73 Å². The van der Waals surface area contributed by atoms with Gasteiger partial charge in [-0.2, -0.15) is 0 Å². The van der Waals surface area contributed by atoms with E-state index in [0.29, 0.717) is 11.1 Å². The fourth-order valence-electron chi connectivity index (χ4n) is 2.01. The first-order valence-corrected chi connectivity index (χ1v) is 6.45. The third kappa shape index (κ3) is 3.00. The first-order valence-electron chi connectivity index (χ1n) is 6.04. The predicted octanol–water partition coefficient (Wildman–Crippen LogP) is 0.307. The van der Waals surface area contributed by atoms with E-state index in [2.05, 4.69) is 5.32 Å². The Morgan fingerprint density at radius 1 is 1.55 bits per heavy atom. The minimum Gasteiger partial charge on any atom is -0.389 e. The van der Waals surface area contributed by atoms with E-state index in [1.165, 1.54) is 6.07 Å². The summed E-state index contributed by atoms with van der Waals surface area (Å²) in [6.07, 6.45) is 0. The molecule has 1 aliphatic rings. The van der Waals surface area contributed by atoms with Crippen molar-refractivity contribution in [2.24, 2.45) is 5.73 Å². The van der Waals surface area contributed by atoms with Crippen LogP contribution in [0.15, 0.2) is 18.2 Å². The molecular formula is C13H14FN3O2S. The Morgan fingerprint density at radius 2 is 2.25 bits per heavy atom. The van der Waals surface area contributed by atoms with Crippen molar-refractivity contribution < 1.29 is 14.0 Å². The van der Waals surface area contributed by atoms with Crippen LogP contribution in [-0.2, 0) is 16.1 Å². The van der Waals surface area contributed by atoms with Gasteiger partial charge in [0.1, 0.15) is 10.8 Å². The Labute approximate surface area is 120 Å². The van der Waals surface area contributed by atoms with Crippen molar-refractivity contribution in [3.8, 4) is 0 Å². The number of thiocarbonyl (C=S) groups is 1. The van der Waals surface area contributed by atoms with Crippen LogP contribution in [0.2, 0.25) is 0 Å². The molecule has 0 bridgehead atoms. The van der Waals surface area contributed by atoms with E-state index in [4.69, 9.17) is 18.0 Å². The average molecular weight is 295 g/mol. The first-order chi connectivity index (χ1) is 9.38. The van der Waals surface area contributed by atoms with Gasteiger partial charge in [-0.3, -0.25) is 19.8 Å². The zero-order valence-electron chi connectivity index (χ0n) is 10.9. The van der Waals surface area contributed by atoms with Gasteiger partial charge in [-0.15, -0.1) is 0 Å². The number of hydrogen-bond acceptors (Lipinski definition) is 4. The molecule has 0 aliphatic carbocycles. The number of halogens is 1. The smallest absolute Gasteiger partial charge is 0.243 e. The van der Waals surface area contributed by atoms with Crippen LogP contribution in [0.1, 0.15) is 18.1 Å². The lowest BCUT2D eigenvalue weighted by Gasteiger charge is -2.31. The summed E-state index contributed by atoms with van der Waals surface area (Å²) in [5.41, 5.74) is 6.27. The molecule has 5 nitrogen and oxygen atoms in total. The summed E-state index contributed by atoms with van der Waals surface area (Å²) < 4.78 is 14.0. The van der Waals surface area contributed by atoms with Crippen LogP contribution in [-0.4, -0.2) is 34.3 Å². The van der Waals surface area contributed by atoms with Crippen molar-refractivity contribution in [1.29, 1.82) is 0 Å². The molecule has 1 unspecified atom stereocenters. The van der Waals surface area contributed by atoms with Gasteiger partial charge in [0, 0.05) is 17.7 Å². The molecule has 1 aromatic carbocycles. The van der Waals surface area contributed by atoms with Gasteiger partial charge in [0.25, 0.3) is 0 Å². The molecule has 0 radical (unpaired) electrons. The second-order valence-electron chi connectivity index (χ2n) is 4.66. The molecule has 0 aromatic heterocycles. The summed E-state index contributed by atoms with van der Waals surface area (Å²) in [6.45, 7) is 1.90. The third-order valence-electron chi connectivity index (χ3n) is 3.25. The fourth-order valence-corrected chi connectivity index (χ4v) is 2.14. The monoisotopic (exact) mass is 295 g/mol. The Morgan fingerprint density at radius 3 is 2.85 bits per heavy atom. The van der Waals surface area contributed by atoms with Gasteiger partial charge in [-0.1, -0.05) is 24.4 Å². The molecule has 2 amide bonds. The second kappa shape index (κ2) is 5.64. The first kappa shape index (κ1) is 14.5. The summed E-state index contributed by atoms with van der Waals surface area (Å²) in [4.78, 5) is 24.6. The Kier molecular flexibility index (Phi) is 4.10. The van der Waals surface area contributed by atoms with E-state index in [9.17, 15) is 14.0 Å². The van der Waals surface area contributed by atoms with Crippen molar-refractivity contribution in [2.45, 2.75) is 19.5 Å². The number of hydrogen-bond donors (Lipinski definition) is 2. The molecule has 1 aromatic rings. The summed E-state index contributed by atoms with van der Waals surface area (Å²) in [7, 11) is 0. The Balaban J connectivity index is 2.19. The zero-order valence-corrected chi connectivity index (χ0v) is 11.7. The maximum absolute atomic E-state index is 14.0. The van der Waals surface area contributed by atoms with Gasteiger partial charge in [0.15, 0.2) is 0 Å². The standard InChI is InChI=1S/C13H14FN3O2S/c1-7-13(19)16-11(18)6-17(7)5-9-3-2-8(12(15)20)4-10(9)14/h2-4,7H,5-6H2,1H3,(H2,15,20)(H,16,18,19). The number of nitrogens with two attached hydrogens (primary N) is 1. The highest BCUT2D eigenvalue weighted by Crippen LogP contribution is 2.16. The molecule has 0 saturated carbocycles. The van der Waals surface area contributed by atoms with Gasteiger partial charge in [-0.25, -0.2) is 4.39 Å². The molecule has 7 heteroatoms. The predicted molar refractivity (Wildman–Crippen MR) is 75.3 cm³/mol. The molecule has 1 atom stereocenters. The Bertz CT molecular complexity index is 591. The molecule has 3 N–H and O–H groups in total. The van der Waals surface area contributed by atoms with Crippen molar-refractivity contribution in [3.63, 3.8) is 0 Å². The van der Waals surface area contributed by atoms with Gasteiger partial charge in [-0.05, 0) is 13.0 Å². The molecular weight excluding hydrogens is 281 g/mol. The third-order valence-corrected chi connectivity index (χ3v) is 3.48. The van der Waals surface area contributed by atoms with Crippen LogP contribution in [0.25, 0.3) is 0 Å². The van der Waals surface area contributed by atoms with Gasteiger partial charge in [0.05, 0.1) is 12.6 Å². The quantitative estimate of drug-likeness (QED) is 0.620. The van der Waals surface area contributed by atoms with Crippen LogP contribution in [0.5, 0.6) is 0 Å². The van der Waals surface area contributed by atoms with Crippen molar-refractivity contribution in [1.82, 2.24) is 10.2 Å². The van der Waals surface area contributed by atoms with E-state index in [-0.39, 0.29) is 29.9 Å². The van der Waals surface area contributed by atoms with Crippen LogP contribution in [0.3, 0.4) is 0 Å². The summed E-state index contributed by atoms with van der Waals surface area (Å²) >= 11 is 4.78. The lowest BCUT2D eigenvalue weighted by atomic mass is 10.1. The van der Waals surface area contributed by atoms with E-state index in [1.54, 1.807) is 24.0 Å². The van der Waals surface area contributed by atoms with Crippen LogP contribution >= 0.6 is 12.2 Å². The number of imide groups is 1. The maximum Gasteiger partial charge on any atom is 0.243 e. The lowest BCUT2D eigenvalue weighted by molar-refractivity contribution is -0.139. The summed E-state index contributed by atoms with van der Waals surface area (Å²) in [5.74, 6) is -1.21. The minimum absolute atomic E-state index is 0.0589. The highest BCUT2D eigenvalue weighted by atomic mass is 32.1. The molecule has 1 fully saturated rings. The summed E-state index contributed by atoms with van der Waals surface area (Å²) in [6, 6.07) is 3.96. The average Bonchev–Trinajstić information content (AvgIpc) is 2.37. The summed E-state index contributed by atoms with van der Waals surface area (Å²) in [5, 5.41) is 2.24. The molecule has 1 heterocycles. The number of carbonyl (C=O) groups is 2. The maximum atomic E-state index is 14.0. The highest BCUT2D eigenvalue weighted by Gasteiger charge is 2.30. The largest absolute Gasteiger partial charge is 0.389 e. The van der Waals surface area contributed by atoms with E-state index in [0.717, 1.165) is 0 Å². The van der Waals surface area contributed by atoms with Crippen molar-refractivity contribution >= 4 is 29.0 Å². The number of amides is 2. The molecule has 1 aliphatic heterocycles. The molecule has 1 saturated heterocycles. The number of benzene rings is 1. The number of carbonyl (C=O) groups excluding carboxylic acids is 2. The van der Waals surface area contributed by atoms with Crippen LogP contribution in [0, 0.1) is 5.82 Å². The number of nitrogens with zero attached hydrogens (tertiary/aromatic N) is 1. The molecule has 106 valence electrons. The van der Waals surface area contributed by atoms with Crippen molar-refractivity contribution in [3.05, 3.63) is 35.1 Å². The van der Waals surface area contributed by atoms with Crippen LogP contribution in [0.4, 0.5) is 4.39 Å². The van der Waals surface area contributed by atoms with E-state index >= 15 is 0 Å². The number of rotatable bonds is 3. The van der Waals surface area contributed by atoms with Crippen LogP contribution < -0.4 is 11.1 Å². The Hall–Kier alpha value is -1.86. The van der Waals surface area contributed by atoms with E-state index < -0.39 is 11.9 Å². The van der Waals surface area contributed by atoms with Gasteiger partial charge >= 0.3 is 0 Å². The number of nitrogens with one attached hydrogen (secondary N) is 1. The topological polar surface area (TPSA) is 75.4 Å². The number of piperazine rings is 1. The minimum atomic E-state index is -0.484. The normalized spacial score (nSPS) is 19.8. The SMILES string of the molecule is CC1C(=O)NC(=O)CN1Cc1ccc(C(N)=S)cc1F. The molecule has 2 rings (SSSR count). The van der Waals surface area contributed by atoms with Crippen molar-refractivity contribution in [2.75, 3.05) is 6.54 Å². The highest BCUT2D eigenvalue weighted by molar-refractivity contribution is 7.80. The second-order valence-corrected chi connectivity index (χ2v) is 5.10. The fraction of sp³-hybridized carbons (Fsp3) is 0.308. The zero-order chi connectivity index (χ0) is 14.9. The molecule has 20 heavy (non-hydrogen) atoms. The van der Waals surface area contributed by atoms with Gasteiger partial charge in [0.2, 0.25) is 11.8 Å². The van der Waals surface area contributed by atoms with E-state index in [1.807, 2.05) is 0 Å². The molecule has 0 spiro atoms.